The molecule has 0 bridgehead atoms. The van der Waals surface area contributed by atoms with Gasteiger partial charge in [0.15, 0.2) is 0 Å². The van der Waals surface area contributed by atoms with Crippen molar-refractivity contribution in [2.45, 2.75) is 12.6 Å². The number of ether oxygens (including phenoxy) is 1. The lowest BCUT2D eigenvalue weighted by atomic mass is 10.3. The molecule has 1 aromatic carbocycles. The van der Waals surface area contributed by atoms with Gasteiger partial charge in [-0.25, -0.2) is 0 Å². The lowest BCUT2D eigenvalue weighted by molar-refractivity contribution is 0.200. The van der Waals surface area contributed by atoms with E-state index in [0.717, 1.165) is 10.2 Å². The van der Waals surface area contributed by atoms with E-state index in [1.165, 1.54) is 0 Å². The van der Waals surface area contributed by atoms with Crippen LogP contribution in [0.3, 0.4) is 0 Å². The molecule has 0 saturated heterocycles. The Bertz CT molecular complexity index is 322. The molecular weight excluding hydrogens is 281 g/mol. The number of hydrogen-bond donors (Lipinski definition) is 2. The molecule has 15 heavy (non-hydrogen) atoms. The Morgan fingerprint density at radius 3 is 2.93 bits per heavy atom. The molecule has 3 nitrogen and oxygen atoms in total. The lowest BCUT2D eigenvalue weighted by Crippen LogP contribution is -2.19. The fourth-order valence-electron chi connectivity index (χ4n) is 1.14. The van der Waals surface area contributed by atoms with E-state index in [1.54, 1.807) is 7.11 Å². The van der Waals surface area contributed by atoms with Gasteiger partial charge in [-0.2, -0.15) is 0 Å². The van der Waals surface area contributed by atoms with Crippen molar-refractivity contribution in [3.63, 3.8) is 0 Å². The minimum Gasteiger partial charge on any atom is -0.495 e. The highest BCUT2D eigenvalue weighted by atomic mass is 79.9. The van der Waals surface area contributed by atoms with E-state index in [2.05, 4.69) is 21.2 Å². The standard InChI is InChI=1S/C10H13BrClNO2/c1-15-9-6-7(11)2-3-8(9)13-10(14)4-5-12/h2-3,6,10,13-14H,4-5H2,1H3. The molecule has 0 saturated carbocycles. The number of hydrogen-bond acceptors (Lipinski definition) is 3. The molecule has 0 heterocycles. The predicted molar refractivity (Wildman–Crippen MR) is 65.7 cm³/mol. The molecule has 0 radical (unpaired) electrons. The molecule has 5 heteroatoms. The number of alkyl halides is 1. The van der Waals surface area contributed by atoms with Gasteiger partial charge in [-0.05, 0) is 18.2 Å². The summed E-state index contributed by atoms with van der Waals surface area (Å²) < 4.78 is 6.10. The van der Waals surface area contributed by atoms with Gasteiger partial charge in [0.2, 0.25) is 0 Å². The van der Waals surface area contributed by atoms with Crippen molar-refractivity contribution in [3.8, 4) is 5.75 Å². The first kappa shape index (κ1) is 12.6. The van der Waals surface area contributed by atoms with Crippen LogP contribution in [0.2, 0.25) is 0 Å². The highest BCUT2D eigenvalue weighted by molar-refractivity contribution is 9.10. The summed E-state index contributed by atoms with van der Waals surface area (Å²) in [6.45, 7) is 0. The zero-order chi connectivity index (χ0) is 11.3. The molecular formula is C10H13BrClNO2. The zero-order valence-corrected chi connectivity index (χ0v) is 10.7. The molecule has 0 spiro atoms. The Morgan fingerprint density at radius 1 is 1.60 bits per heavy atom. The van der Waals surface area contributed by atoms with Crippen molar-refractivity contribution in [2.24, 2.45) is 0 Å². The Balaban J connectivity index is 2.75. The number of anilines is 1. The summed E-state index contributed by atoms with van der Waals surface area (Å²) in [5.41, 5.74) is 0.748. The number of methoxy groups -OCH3 is 1. The molecule has 2 N–H and O–H groups in total. The van der Waals surface area contributed by atoms with Gasteiger partial charge in [-0.3, -0.25) is 0 Å². The predicted octanol–water partition coefficient (Wildman–Crippen LogP) is 2.82. The maximum Gasteiger partial charge on any atom is 0.143 e. The maximum atomic E-state index is 9.53. The molecule has 1 unspecified atom stereocenters. The summed E-state index contributed by atoms with van der Waals surface area (Å²) in [7, 11) is 1.58. The molecule has 0 fully saturated rings. The van der Waals surface area contributed by atoms with E-state index in [4.69, 9.17) is 16.3 Å². The van der Waals surface area contributed by atoms with Gasteiger partial charge in [0.1, 0.15) is 12.0 Å². The van der Waals surface area contributed by atoms with Gasteiger partial charge in [0, 0.05) is 16.8 Å². The van der Waals surface area contributed by atoms with E-state index >= 15 is 0 Å². The summed E-state index contributed by atoms with van der Waals surface area (Å²) in [6, 6.07) is 5.54. The number of aliphatic hydroxyl groups excluding tert-OH is 1. The van der Waals surface area contributed by atoms with Crippen molar-refractivity contribution < 1.29 is 9.84 Å². The average molecular weight is 295 g/mol. The second-order valence-corrected chi connectivity index (χ2v) is 4.28. The summed E-state index contributed by atoms with van der Waals surface area (Å²) >= 11 is 8.87. The van der Waals surface area contributed by atoms with Gasteiger partial charge in [-0.15, -0.1) is 11.6 Å². The SMILES string of the molecule is COc1cc(Br)ccc1NC(O)CCCl. The number of nitrogens with one attached hydrogen (secondary N) is 1. The molecule has 0 aliphatic rings. The van der Waals surface area contributed by atoms with Gasteiger partial charge < -0.3 is 15.2 Å². The molecule has 84 valence electrons. The highest BCUT2D eigenvalue weighted by Gasteiger charge is 2.07. The smallest absolute Gasteiger partial charge is 0.143 e. The first-order chi connectivity index (χ1) is 7.17. The van der Waals surface area contributed by atoms with Crippen LogP contribution >= 0.6 is 27.5 Å². The van der Waals surface area contributed by atoms with E-state index in [9.17, 15) is 5.11 Å². The van der Waals surface area contributed by atoms with Gasteiger partial charge in [0.05, 0.1) is 12.8 Å². The fourth-order valence-corrected chi connectivity index (χ4v) is 1.69. The fraction of sp³-hybridized carbons (Fsp3) is 0.400. The average Bonchev–Trinajstić information content (AvgIpc) is 2.21. The highest BCUT2D eigenvalue weighted by Crippen LogP contribution is 2.28. The van der Waals surface area contributed by atoms with Crippen molar-refractivity contribution in [2.75, 3.05) is 18.3 Å². The van der Waals surface area contributed by atoms with Crippen LogP contribution in [-0.2, 0) is 0 Å². The van der Waals surface area contributed by atoms with Crippen LogP contribution < -0.4 is 10.1 Å². The van der Waals surface area contributed by atoms with E-state index in [-0.39, 0.29) is 0 Å². The Kier molecular flexibility index (Phi) is 5.22. The first-order valence-electron chi connectivity index (χ1n) is 4.51. The van der Waals surface area contributed by atoms with Crippen LogP contribution in [0.25, 0.3) is 0 Å². The van der Waals surface area contributed by atoms with Gasteiger partial charge in [-0.1, -0.05) is 15.9 Å². The normalized spacial score (nSPS) is 12.3. The van der Waals surface area contributed by atoms with Crippen LogP contribution in [0.4, 0.5) is 5.69 Å². The molecule has 0 aromatic heterocycles. The van der Waals surface area contributed by atoms with Crippen LogP contribution in [0.15, 0.2) is 22.7 Å². The van der Waals surface area contributed by atoms with Crippen LogP contribution in [0.5, 0.6) is 5.75 Å². The largest absolute Gasteiger partial charge is 0.495 e. The summed E-state index contributed by atoms with van der Waals surface area (Å²) in [5.74, 6) is 1.09. The minimum atomic E-state index is -0.655. The second-order valence-electron chi connectivity index (χ2n) is 2.98. The molecule has 1 atom stereocenters. The summed E-state index contributed by atoms with van der Waals surface area (Å²) in [4.78, 5) is 0. The van der Waals surface area contributed by atoms with Crippen LogP contribution in [-0.4, -0.2) is 24.3 Å². The summed E-state index contributed by atoms with van der Waals surface area (Å²) in [6.07, 6.45) is -0.168. The van der Waals surface area contributed by atoms with E-state index in [0.29, 0.717) is 18.1 Å². The topological polar surface area (TPSA) is 41.5 Å². The Labute approximate surface area is 103 Å². The monoisotopic (exact) mass is 293 g/mol. The molecule has 1 aromatic rings. The third kappa shape index (κ3) is 3.89. The van der Waals surface area contributed by atoms with Crippen LogP contribution in [0.1, 0.15) is 6.42 Å². The molecule has 1 rings (SSSR count). The van der Waals surface area contributed by atoms with Crippen molar-refractivity contribution in [1.29, 1.82) is 0 Å². The second kappa shape index (κ2) is 6.20. The van der Waals surface area contributed by atoms with Gasteiger partial charge in [0.25, 0.3) is 0 Å². The summed E-state index contributed by atoms with van der Waals surface area (Å²) in [5, 5.41) is 12.4. The third-order valence-corrected chi connectivity index (χ3v) is 2.58. The van der Waals surface area contributed by atoms with E-state index < -0.39 is 6.23 Å². The van der Waals surface area contributed by atoms with Crippen molar-refractivity contribution in [1.82, 2.24) is 0 Å². The number of benzene rings is 1. The lowest BCUT2D eigenvalue weighted by Gasteiger charge is -2.15. The minimum absolute atomic E-state index is 0.410. The number of rotatable bonds is 5. The van der Waals surface area contributed by atoms with Crippen molar-refractivity contribution >= 4 is 33.2 Å². The Morgan fingerprint density at radius 2 is 2.33 bits per heavy atom. The van der Waals surface area contributed by atoms with E-state index in [1.807, 2.05) is 18.2 Å². The zero-order valence-electron chi connectivity index (χ0n) is 8.34. The number of halogens is 2. The number of aliphatic hydroxyl groups is 1. The molecule has 0 aliphatic carbocycles. The van der Waals surface area contributed by atoms with Crippen LogP contribution in [0, 0.1) is 0 Å². The molecule has 0 aliphatic heterocycles. The molecule has 0 amide bonds. The van der Waals surface area contributed by atoms with Gasteiger partial charge >= 0.3 is 0 Å². The quantitative estimate of drug-likeness (QED) is 0.648. The third-order valence-electron chi connectivity index (χ3n) is 1.87. The first-order valence-corrected chi connectivity index (χ1v) is 5.84. The Hall–Kier alpha value is -0.450. The maximum absolute atomic E-state index is 9.53. The van der Waals surface area contributed by atoms with Crippen molar-refractivity contribution in [3.05, 3.63) is 22.7 Å².